The van der Waals surface area contributed by atoms with Crippen LogP contribution in [0, 0.1) is 16.0 Å². The molecular formula is C14H22NO5P. The smallest absolute Gasteiger partial charge is 0.379 e. The molecule has 0 saturated carbocycles. The number of rotatable bonds is 9. The highest BCUT2D eigenvalue weighted by Crippen LogP contribution is 2.49. The van der Waals surface area contributed by atoms with E-state index in [0.717, 1.165) is 12.8 Å². The Kier molecular flexibility index (Phi) is 6.85. The average molecular weight is 315 g/mol. The van der Waals surface area contributed by atoms with Gasteiger partial charge in [-0.3, -0.25) is 14.6 Å². The first-order valence-electron chi connectivity index (χ1n) is 7.04. The SMILES string of the molecule is CCCCP(=O)(OCC(C)C)Oc1ccc([N+](=O)[O-])cc1. The summed E-state index contributed by atoms with van der Waals surface area (Å²) in [7, 11) is -3.22. The Morgan fingerprint density at radius 3 is 2.38 bits per heavy atom. The summed E-state index contributed by atoms with van der Waals surface area (Å²) in [5, 5.41) is 10.6. The molecule has 6 nitrogen and oxygen atoms in total. The Labute approximate surface area is 125 Å². The quantitative estimate of drug-likeness (QED) is 0.377. The van der Waals surface area contributed by atoms with Crippen LogP contribution in [0.1, 0.15) is 33.6 Å². The van der Waals surface area contributed by atoms with Crippen LogP contribution < -0.4 is 4.52 Å². The number of hydrogen-bond acceptors (Lipinski definition) is 5. The molecule has 0 heterocycles. The molecule has 0 amide bonds. The van der Waals surface area contributed by atoms with Gasteiger partial charge < -0.3 is 4.52 Å². The van der Waals surface area contributed by atoms with Crippen LogP contribution in [-0.2, 0) is 9.09 Å². The van der Waals surface area contributed by atoms with Crippen molar-refractivity contribution >= 4 is 13.3 Å². The first kappa shape index (κ1) is 17.7. The summed E-state index contributed by atoms with van der Waals surface area (Å²) >= 11 is 0. The van der Waals surface area contributed by atoms with Crippen LogP contribution in [0.2, 0.25) is 0 Å². The zero-order valence-corrected chi connectivity index (χ0v) is 13.5. The van der Waals surface area contributed by atoms with Gasteiger partial charge in [-0.15, -0.1) is 0 Å². The van der Waals surface area contributed by atoms with E-state index in [1.54, 1.807) is 0 Å². The first-order valence-corrected chi connectivity index (χ1v) is 8.76. The minimum absolute atomic E-state index is 0.0335. The lowest BCUT2D eigenvalue weighted by Crippen LogP contribution is -2.07. The molecule has 1 aromatic rings. The third-order valence-corrected chi connectivity index (χ3v) is 4.58. The van der Waals surface area contributed by atoms with Crippen molar-refractivity contribution in [1.82, 2.24) is 0 Å². The predicted octanol–water partition coefficient (Wildman–Crippen LogP) is 4.64. The summed E-state index contributed by atoms with van der Waals surface area (Å²) in [5.41, 5.74) is -0.0335. The Balaban J connectivity index is 2.79. The monoisotopic (exact) mass is 315 g/mol. The van der Waals surface area contributed by atoms with Crippen molar-refractivity contribution in [3.63, 3.8) is 0 Å². The van der Waals surface area contributed by atoms with E-state index in [1.807, 2.05) is 20.8 Å². The number of non-ortho nitro benzene ring substituents is 1. The van der Waals surface area contributed by atoms with Crippen LogP contribution in [0.15, 0.2) is 24.3 Å². The van der Waals surface area contributed by atoms with Gasteiger partial charge >= 0.3 is 7.60 Å². The lowest BCUT2D eigenvalue weighted by molar-refractivity contribution is -0.384. The molecule has 7 heteroatoms. The topological polar surface area (TPSA) is 78.7 Å². The second kappa shape index (κ2) is 8.15. The van der Waals surface area contributed by atoms with Crippen LogP contribution in [0.4, 0.5) is 5.69 Å². The lowest BCUT2D eigenvalue weighted by Gasteiger charge is -2.20. The number of benzene rings is 1. The van der Waals surface area contributed by atoms with E-state index in [0.29, 0.717) is 18.5 Å². The first-order chi connectivity index (χ1) is 9.86. The molecule has 1 rings (SSSR count). The van der Waals surface area contributed by atoms with E-state index in [1.165, 1.54) is 24.3 Å². The lowest BCUT2D eigenvalue weighted by atomic mass is 10.2. The molecular weight excluding hydrogens is 293 g/mol. The number of nitrogens with zero attached hydrogens (tertiary/aromatic N) is 1. The Morgan fingerprint density at radius 2 is 1.90 bits per heavy atom. The minimum Gasteiger partial charge on any atom is -0.424 e. The maximum absolute atomic E-state index is 12.7. The second-order valence-corrected chi connectivity index (χ2v) is 7.33. The Hall–Kier alpha value is -1.39. The van der Waals surface area contributed by atoms with Gasteiger partial charge in [-0.2, -0.15) is 0 Å². The van der Waals surface area contributed by atoms with Gasteiger partial charge in [-0.25, -0.2) is 4.57 Å². The summed E-state index contributed by atoms with van der Waals surface area (Å²) in [4.78, 5) is 10.1. The summed E-state index contributed by atoms with van der Waals surface area (Å²) < 4.78 is 23.7. The van der Waals surface area contributed by atoms with Gasteiger partial charge in [-0.1, -0.05) is 27.2 Å². The molecule has 1 aromatic carbocycles. The zero-order chi connectivity index (χ0) is 15.9. The number of hydrogen-bond donors (Lipinski definition) is 0. The molecule has 1 atom stereocenters. The van der Waals surface area contributed by atoms with Gasteiger partial charge in [0.2, 0.25) is 0 Å². The second-order valence-electron chi connectivity index (χ2n) is 5.22. The molecule has 0 aliphatic rings. The third kappa shape index (κ3) is 6.27. The van der Waals surface area contributed by atoms with Crippen molar-refractivity contribution < 1.29 is 18.5 Å². The molecule has 0 saturated heterocycles. The summed E-state index contributed by atoms with van der Waals surface area (Å²) in [6, 6.07) is 5.52. The summed E-state index contributed by atoms with van der Waals surface area (Å²) in [5.74, 6) is 0.573. The van der Waals surface area contributed by atoms with E-state index in [-0.39, 0.29) is 11.6 Å². The van der Waals surface area contributed by atoms with E-state index < -0.39 is 12.5 Å². The van der Waals surface area contributed by atoms with Crippen molar-refractivity contribution in [2.24, 2.45) is 5.92 Å². The van der Waals surface area contributed by atoms with Crippen molar-refractivity contribution in [2.75, 3.05) is 12.8 Å². The standard InChI is InChI=1S/C14H22NO5P/c1-4-5-10-21(18,19-11-12(2)3)20-14-8-6-13(7-9-14)15(16)17/h6-9,12H,4-5,10-11H2,1-3H3. The molecule has 1 unspecified atom stereocenters. The highest BCUT2D eigenvalue weighted by Gasteiger charge is 2.26. The van der Waals surface area contributed by atoms with E-state index in [2.05, 4.69) is 0 Å². The van der Waals surface area contributed by atoms with Crippen molar-refractivity contribution in [1.29, 1.82) is 0 Å². The van der Waals surface area contributed by atoms with Gasteiger partial charge in [0.15, 0.2) is 0 Å². The van der Waals surface area contributed by atoms with Gasteiger partial charge in [0.05, 0.1) is 17.7 Å². The number of nitro groups is 1. The van der Waals surface area contributed by atoms with Crippen molar-refractivity contribution in [3.8, 4) is 5.75 Å². The Morgan fingerprint density at radius 1 is 1.29 bits per heavy atom. The van der Waals surface area contributed by atoms with Crippen LogP contribution in [-0.4, -0.2) is 17.7 Å². The van der Waals surface area contributed by atoms with Crippen molar-refractivity contribution in [2.45, 2.75) is 33.6 Å². The van der Waals surface area contributed by atoms with Gasteiger partial charge in [0, 0.05) is 12.1 Å². The fourth-order valence-electron chi connectivity index (χ4n) is 1.54. The number of unbranched alkanes of at least 4 members (excludes halogenated alkanes) is 1. The van der Waals surface area contributed by atoms with Crippen LogP contribution in [0.3, 0.4) is 0 Å². The maximum atomic E-state index is 12.7. The largest absolute Gasteiger partial charge is 0.424 e. The predicted molar refractivity (Wildman–Crippen MR) is 81.9 cm³/mol. The van der Waals surface area contributed by atoms with Crippen molar-refractivity contribution in [3.05, 3.63) is 34.4 Å². The summed E-state index contributed by atoms with van der Waals surface area (Å²) in [6.07, 6.45) is 1.97. The summed E-state index contributed by atoms with van der Waals surface area (Å²) in [6.45, 7) is 6.29. The molecule has 118 valence electrons. The highest BCUT2D eigenvalue weighted by molar-refractivity contribution is 7.54. The van der Waals surface area contributed by atoms with E-state index in [4.69, 9.17) is 9.05 Å². The molecule has 0 bridgehead atoms. The third-order valence-electron chi connectivity index (χ3n) is 2.68. The average Bonchev–Trinajstić information content (AvgIpc) is 2.44. The minimum atomic E-state index is -3.22. The molecule has 0 aliphatic heterocycles. The maximum Gasteiger partial charge on any atom is 0.379 e. The molecule has 0 fully saturated rings. The van der Waals surface area contributed by atoms with Crippen LogP contribution >= 0.6 is 7.60 Å². The van der Waals surface area contributed by atoms with Crippen LogP contribution in [0.25, 0.3) is 0 Å². The van der Waals surface area contributed by atoms with E-state index in [9.17, 15) is 14.7 Å². The fraction of sp³-hybridized carbons (Fsp3) is 0.571. The van der Waals surface area contributed by atoms with Gasteiger partial charge in [-0.05, 0) is 24.5 Å². The molecule has 21 heavy (non-hydrogen) atoms. The number of nitro benzene ring substituents is 1. The van der Waals surface area contributed by atoms with Gasteiger partial charge in [0.25, 0.3) is 5.69 Å². The molecule has 0 aliphatic carbocycles. The normalized spacial score (nSPS) is 13.9. The molecule has 0 aromatic heterocycles. The van der Waals surface area contributed by atoms with Gasteiger partial charge in [0.1, 0.15) is 5.75 Å². The Bertz CT molecular complexity index is 501. The molecule has 0 spiro atoms. The fourth-order valence-corrected chi connectivity index (χ4v) is 3.49. The highest BCUT2D eigenvalue weighted by atomic mass is 31.2. The zero-order valence-electron chi connectivity index (χ0n) is 12.7. The molecule has 0 radical (unpaired) electrons. The van der Waals surface area contributed by atoms with E-state index >= 15 is 0 Å². The van der Waals surface area contributed by atoms with Crippen LogP contribution in [0.5, 0.6) is 5.75 Å². The molecule has 0 N–H and O–H groups in total.